The van der Waals surface area contributed by atoms with Gasteiger partial charge in [-0.3, -0.25) is 0 Å². The summed E-state index contributed by atoms with van der Waals surface area (Å²) in [6.07, 6.45) is 4.38. The maximum atomic E-state index is 12.3. The zero-order chi connectivity index (χ0) is 11.8. The van der Waals surface area contributed by atoms with Gasteiger partial charge in [0.2, 0.25) is 0 Å². The van der Waals surface area contributed by atoms with Gasteiger partial charge in [0.25, 0.3) is 10.0 Å². The SMILES string of the molecule is Cc1ncc(S(=O)(=O)N2CCCCC2C)[nH]1. The smallest absolute Gasteiger partial charge is 0.260 e. The molecule has 1 atom stereocenters. The Morgan fingerprint density at radius 2 is 2.25 bits per heavy atom. The van der Waals surface area contributed by atoms with Gasteiger partial charge in [0, 0.05) is 12.6 Å². The molecule has 1 aliphatic rings. The number of nitrogens with one attached hydrogen (secondary N) is 1. The molecule has 1 N–H and O–H groups in total. The third-order valence-corrected chi connectivity index (χ3v) is 4.93. The van der Waals surface area contributed by atoms with Gasteiger partial charge in [0.05, 0.1) is 6.20 Å². The molecule has 90 valence electrons. The normalized spacial score (nSPS) is 23.5. The molecule has 0 radical (unpaired) electrons. The van der Waals surface area contributed by atoms with Crippen LogP contribution < -0.4 is 0 Å². The summed E-state index contributed by atoms with van der Waals surface area (Å²) >= 11 is 0. The lowest BCUT2D eigenvalue weighted by atomic mass is 10.1. The molecule has 1 aromatic rings. The van der Waals surface area contributed by atoms with Crippen molar-refractivity contribution in [3.05, 3.63) is 12.0 Å². The molecule has 5 nitrogen and oxygen atoms in total. The highest BCUT2D eigenvalue weighted by Gasteiger charge is 2.31. The summed E-state index contributed by atoms with van der Waals surface area (Å²) < 4.78 is 26.1. The van der Waals surface area contributed by atoms with Crippen LogP contribution in [0, 0.1) is 6.92 Å². The fourth-order valence-electron chi connectivity index (χ4n) is 2.08. The number of hydrogen-bond acceptors (Lipinski definition) is 3. The predicted molar refractivity (Wildman–Crippen MR) is 60.5 cm³/mol. The molecule has 0 saturated carbocycles. The number of nitrogens with zero attached hydrogens (tertiary/aromatic N) is 2. The molecule has 0 aromatic carbocycles. The van der Waals surface area contributed by atoms with Crippen molar-refractivity contribution in [1.29, 1.82) is 0 Å². The summed E-state index contributed by atoms with van der Waals surface area (Å²) in [6.45, 7) is 4.32. The first-order valence-electron chi connectivity index (χ1n) is 5.55. The number of piperidine rings is 1. The fraction of sp³-hybridized carbons (Fsp3) is 0.700. The van der Waals surface area contributed by atoms with Gasteiger partial charge in [-0.05, 0) is 26.7 Å². The molecule has 0 bridgehead atoms. The van der Waals surface area contributed by atoms with E-state index in [0.29, 0.717) is 12.4 Å². The van der Waals surface area contributed by atoms with Crippen LogP contribution in [0.4, 0.5) is 0 Å². The minimum absolute atomic E-state index is 0.0855. The first-order chi connectivity index (χ1) is 7.51. The first-order valence-corrected chi connectivity index (χ1v) is 6.99. The van der Waals surface area contributed by atoms with Crippen LogP contribution >= 0.6 is 0 Å². The maximum absolute atomic E-state index is 12.3. The number of aryl methyl sites for hydroxylation is 1. The molecule has 0 spiro atoms. The Hall–Kier alpha value is -0.880. The quantitative estimate of drug-likeness (QED) is 0.851. The van der Waals surface area contributed by atoms with Crippen LogP contribution in [0.3, 0.4) is 0 Å². The number of imidazole rings is 1. The van der Waals surface area contributed by atoms with E-state index in [2.05, 4.69) is 9.97 Å². The molecule has 1 aromatic heterocycles. The van der Waals surface area contributed by atoms with E-state index in [1.165, 1.54) is 6.20 Å². The van der Waals surface area contributed by atoms with Crippen LogP contribution in [0.25, 0.3) is 0 Å². The van der Waals surface area contributed by atoms with Gasteiger partial charge in [-0.2, -0.15) is 4.31 Å². The average molecular weight is 243 g/mol. The van der Waals surface area contributed by atoms with Crippen molar-refractivity contribution < 1.29 is 8.42 Å². The van der Waals surface area contributed by atoms with Crippen molar-refractivity contribution in [2.45, 2.75) is 44.2 Å². The maximum Gasteiger partial charge on any atom is 0.260 e. The zero-order valence-corrected chi connectivity index (χ0v) is 10.4. The molecule has 16 heavy (non-hydrogen) atoms. The lowest BCUT2D eigenvalue weighted by molar-refractivity contribution is 0.268. The van der Waals surface area contributed by atoms with E-state index >= 15 is 0 Å². The molecular weight excluding hydrogens is 226 g/mol. The van der Waals surface area contributed by atoms with Crippen molar-refractivity contribution >= 4 is 10.0 Å². The standard InChI is InChI=1S/C10H17N3O2S/c1-8-5-3-4-6-13(8)16(14,15)10-7-11-9(2)12-10/h7-8H,3-6H2,1-2H3,(H,11,12). The van der Waals surface area contributed by atoms with E-state index in [1.54, 1.807) is 11.2 Å². The van der Waals surface area contributed by atoms with E-state index in [-0.39, 0.29) is 11.1 Å². The Bertz CT molecular complexity index is 466. The lowest BCUT2D eigenvalue weighted by Gasteiger charge is -2.31. The average Bonchev–Trinajstić information content (AvgIpc) is 2.66. The Labute approximate surface area is 95.9 Å². The van der Waals surface area contributed by atoms with Crippen molar-refractivity contribution in [3.8, 4) is 0 Å². The van der Waals surface area contributed by atoms with E-state index in [1.807, 2.05) is 6.92 Å². The van der Waals surface area contributed by atoms with E-state index in [0.717, 1.165) is 19.3 Å². The molecule has 0 aliphatic carbocycles. The lowest BCUT2D eigenvalue weighted by Crippen LogP contribution is -2.42. The minimum Gasteiger partial charge on any atom is -0.332 e. The van der Waals surface area contributed by atoms with E-state index in [9.17, 15) is 8.42 Å². The number of rotatable bonds is 2. The Morgan fingerprint density at radius 3 is 2.81 bits per heavy atom. The summed E-state index contributed by atoms with van der Waals surface area (Å²) in [5, 5.41) is 0.207. The molecule has 1 unspecified atom stereocenters. The molecule has 6 heteroatoms. The first kappa shape index (κ1) is 11.6. The minimum atomic E-state index is -3.38. The molecular formula is C10H17N3O2S. The zero-order valence-electron chi connectivity index (χ0n) is 9.60. The summed E-state index contributed by atoms with van der Waals surface area (Å²) in [6, 6.07) is 0.0855. The summed E-state index contributed by atoms with van der Waals surface area (Å²) in [4.78, 5) is 6.73. The summed E-state index contributed by atoms with van der Waals surface area (Å²) in [7, 11) is -3.38. The van der Waals surface area contributed by atoms with Crippen molar-refractivity contribution in [2.75, 3.05) is 6.54 Å². The third-order valence-electron chi connectivity index (χ3n) is 3.01. The predicted octanol–water partition coefficient (Wildman–Crippen LogP) is 1.28. The Balaban J connectivity index is 2.31. The molecule has 0 amide bonds. The molecule has 1 fully saturated rings. The van der Waals surface area contributed by atoms with Crippen LogP contribution in [0.15, 0.2) is 11.2 Å². The molecule has 2 heterocycles. The number of hydrogen-bond donors (Lipinski definition) is 1. The monoisotopic (exact) mass is 243 g/mol. The highest BCUT2D eigenvalue weighted by molar-refractivity contribution is 7.89. The number of aromatic nitrogens is 2. The van der Waals surface area contributed by atoms with Gasteiger partial charge < -0.3 is 4.98 Å². The van der Waals surface area contributed by atoms with E-state index in [4.69, 9.17) is 0 Å². The fourth-order valence-corrected chi connectivity index (χ4v) is 3.75. The van der Waals surface area contributed by atoms with E-state index < -0.39 is 10.0 Å². The number of H-pyrrole nitrogens is 1. The van der Waals surface area contributed by atoms with Crippen LogP contribution in [0.1, 0.15) is 32.0 Å². The van der Waals surface area contributed by atoms with Gasteiger partial charge >= 0.3 is 0 Å². The highest BCUT2D eigenvalue weighted by Crippen LogP contribution is 2.23. The second-order valence-electron chi connectivity index (χ2n) is 4.29. The van der Waals surface area contributed by atoms with Gasteiger partial charge in [0.1, 0.15) is 5.82 Å². The van der Waals surface area contributed by atoms with Crippen molar-refractivity contribution in [3.63, 3.8) is 0 Å². The van der Waals surface area contributed by atoms with Gasteiger partial charge in [0.15, 0.2) is 5.03 Å². The second-order valence-corrected chi connectivity index (χ2v) is 6.15. The molecule has 1 aliphatic heterocycles. The van der Waals surface area contributed by atoms with Crippen LogP contribution in [-0.4, -0.2) is 35.3 Å². The number of sulfonamides is 1. The van der Waals surface area contributed by atoms with Crippen LogP contribution in [0.2, 0.25) is 0 Å². The summed E-state index contributed by atoms with van der Waals surface area (Å²) in [5.41, 5.74) is 0. The Kier molecular flexibility index (Phi) is 3.03. The summed E-state index contributed by atoms with van der Waals surface area (Å²) in [5.74, 6) is 0.628. The van der Waals surface area contributed by atoms with Gasteiger partial charge in [-0.1, -0.05) is 6.42 Å². The topological polar surface area (TPSA) is 66.1 Å². The van der Waals surface area contributed by atoms with Crippen LogP contribution in [-0.2, 0) is 10.0 Å². The van der Waals surface area contributed by atoms with Crippen molar-refractivity contribution in [2.24, 2.45) is 0 Å². The number of aromatic amines is 1. The van der Waals surface area contributed by atoms with Crippen molar-refractivity contribution in [1.82, 2.24) is 14.3 Å². The van der Waals surface area contributed by atoms with Gasteiger partial charge in [-0.15, -0.1) is 0 Å². The van der Waals surface area contributed by atoms with Crippen LogP contribution in [0.5, 0.6) is 0 Å². The largest absolute Gasteiger partial charge is 0.332 e. The third kappa shape index (κ3) is 1.99. The Morgan fingerprint density at radius 1 is 1.50 bits per heavy atom. The molecule has 1 saturated heterocycles. The second kappa shape index (κ2) is 4.18. The highest BCUT2D eigenvalue weighted by atomic mass is 32.2. The van der Waals surface area contributed by atoms with Gasteiger partial charge in [-0.25, -0.2) is 13.4 Å². The molecule has 2 rings (SSSR count).